The van der Waals surface area contributed by atoms with Gasteiger partial charge in [-0.3, -0.25) is 5.10 Å². The largest absolute Gasteiger partial charge is 0.298 e. The highest BCUT2D eigenvalue weighted by Crippen LogP contribution is 2.09. The average molecular weight is 260 g/mol. The number of nitrogens with zero attached hydrogens (tertiary/aromatic N) is 2. The fraction of sp³-hybridized carbons (Fsp3) is 0.500. The lowest BCUT2D eigenvalue weighted by atomic mass is 10.7. The van der Waals surface area contributed by atoms with E-state index in [2.05, 4.69) is 15.2 Å². The first-order valence-electron chi connectivity index (χ1n) is 3.22. The molecule has 14 heavy (non-hydrogen) atoms. The van der Waals surface area contributed by atoms with Crippen LogP contribution in [0.3, 0.4) is 0 Å². The molecule has 10 heteroatoms. The number of halogens is 1. The highest BCUT2D eigenvalue weighted by atomic mass is 35.7. The van der Waals surface area contributed by atoms with E-state index in [1.54, 1.807) is 0 Å². The Hall–Kier alpha value is -0.670. The number of sulfone groups is 1. The van der Waals surface area contributed by atoms with Crippen molar-refractivity contribution >= 4 is 29.6 Å². The fourth-order valence-electron chi connectivity index (χ4n) is 0.700. The first kappa shape index (κ1) is 11.4. The monoisotopic (exact) mass is 259 g/mol. The van der Waals surface area contributed by atoms with Crippen LogP contribution >= 0.6 is 10.7 Å². The number of hydrogen-bond acceptors (Lipinski definition) is 6. The molecule has 0 aliphatic rings. The van der Waals surface area contributed by atoms with Crippen molar-refractivity contribution in [3.63, 3.8) is 0 Å². The Kier molecular flexibility index (Phi) is 2.83. The third-order valence-corrected chi connectivity index (χ3v) is 2.96. The van der Waals surface area contributed by atoms with Crippen LogP contribution in [0.25, 0.3) is 0 Å². The molecule has 0 aliphatic carbocycles. The highest BCUT2D eigenvalue weighted by molar-refractivity contribution is 8.13. The first-order chi connectivity index (χ1) is 6.18. The van der Waals surface area contributed by atoms with Crippen LogP contribution in [0.15, 0.2) is 5.16 Å². The van der Waals surface area contributed by atoms with Crippen molar-refractivity contribution in [1.29, 1.82) is 0 Å². The second-order valence-corrected chi connectivity index (χ2v) is 7.17. The smallest absolute Gasteiger partial charge is 0.261 e. The zero-order chi connectivity index (χ0) is 11.0. The Morgan fingerprint density at radius 1 is 1.36 bits per heavy atom. The number of rotatable bonds is 3. The lowest BCUT2D eigenvalue weighted by Gasteiger charge is -1.90. The zero-order valence-electron chi connectivity index (χ0n) is 6.93. The molecule has 1 rings (SSSR count). The molecule has 1 aromatic rings. The van der Waals surface area contributed by atoms with Crippen LogP contribution in [-0.2, 0) is 24.6 Å². The maximum absolute atomic E-state index is 10.8. The third-order valence-electron chi connectivity index (χ3n) is 1.13. The molecule has 0 unspecified atom stereocenters. The van der Waals surface area contributed by atoms with Crippen LogP contribution in [-0.4, -0.2) is 38.3 Å². The minimum Gasteiger partial charge on any atom is -0.261 e. The molecule has 0 spiro atoms. The predicted octanol–water partition coefficient (Wildman–Crippen LogP) is -0.723. The van der Waals surface area contributed by atoms with Crippen molar-refractivity contribution in [1.82, 2.24) is 15.2 Å². The molecule has 0 amide bonds. The number of aromatic nitrogens is 3. The third kappa shape index (κ3) is 3.24. The molecular weight excluding hydrogens is 254 g/mol. The van der Waals surface area contributed by atoms with Gasteiger partial charge < -0.3 is 0 Å². The molecule has 0 saturated heterocycles. The van der Waals surface area contributed by atoms with Crippen molar-refractivity contribution in [3.05, 3.63) is 5.82 Å². The molecule has 1 heterocycles. The Morgan fingerprint density at radius 3 is 2.29 bits per heavy atom. The van der Waals surface area contributed by atoms with Gasteiger partial charge in [0, 0.05) is 16.9 Å². The van der Waals surface area contributed by atoms with Crippen molar-refractivity contribution in [2.24, 2.45) is 0 Å². The Labute approximate surface area is 84.8 Å². The van der Waals surface area contributed by atoms with E-state index in [9.17, 15) is 16.8 Å². The summed E-state index contributed by atoms with van der Waals surface area (Å²) < 4.78 is 42.9. The standard InChI is InChI=1S/C4H6ClN3O4S2/c1-13(9,10)2-3-6-4(8-7-3)14(5,11)12/h2H2,1H3,(H,6,7,8). The van der Waals surface area contributed by atoms with Gasteiger partial charge in [0.1, 0.15) is 11.6 Å². The lowest BCUT2D eigenvalue weighted by molar-refractivity contribution is 0.597. The lowest BCUT2D eigenvalue weighted by Crippen LogP contribution is -2.02. The van der Waals surface area contributed by atoms with Crippen molar-refractivity contribution < 1.29 is 16.8 Å². The van der Waals surface area contributed by atoms with Crippen molar-refractivity contribution in [3.8, 4) is 0 Å². The number of H-pyrrole nitrogens is 1. The summed E-state index contributed by atoms with van der Waals surface area (Å²) in [6.07, 6.45) is 0.990. The molecule has 0 aromatic carbocycles. The second kappa shape index (κ2) is 3.48. The van der Waals surface area contributed by atoms with Gasteiger partial charge in [0.15, 0.2) is 9.84 Å². The van der Waals surface area contributed by atoms with Gasteiger partial charge >= 0.3 is 0 Å². The molecule has 0 aliphatic heterocycles. The molecule has 0 fully saturated rings. The van der Waals surface area contributed by atoms with Gasteiger partial charge in [-0.2, -0.15) is 0 Å². The number of aromatic amines is 1. The molecule has 0 radical (unpaired) electrons. The summed E-state index contributed by atoms with van der Waals surface area (Å²) in [6, 6.07) is 0. The fourth-order valence-corrected chi connectivity index (χ4v) is 1.91. The van der Waals surface area contributed by atoms with Crippen LogP contribution in [0, 0.1) is 0 Å². The second-order valence-electron chi connectivity index (χ2n) is 2.57. The van der Waals surface area contributed by atoms with E-state index < -0.39 is 29.8 Å². The number of nitrogens with one attached hydrogen (secondary N) is 1. The van der Waals surface area contributed by atoms with Crippen LogP contribution in [0.5, 0.6) is 0 Å². The Balaban J connectivity index is 3.02. The van der Waals surface area contributed by atoms with Gasteiger partial charge in [-0.15, -0.1) is 5.10 Å². The molecule has 80 valence electrons. The molecule has 7 nitrogen and oxygen atoms in total. The summed E-state index contributed by atoms with van der Waals surface area (Å²) in [6.45, 7) is 0. The van der Waals surface area contributed by atoms with E-state index in [0.29, 0.717) is 0 Å². The Morgan fingerprint density at radius 2 is 1.93 bits per heavy atom. The van der Waals surface area contributed by atoms with Crippen molar-refractivity contribution in [2.75, 3.05) is 6.26 Å². The molecule has 0 atom stereocenters. The Bertz CT molecular complexity index is 531. The van der Waals surface area contributed by atoms with Gasteiger partial charge in [-0.1, -0.05) is 0 Å². The van der Waals surface area contributed by atoms with Crippen LogP contribution < -0.4 is 0 Å². The summed E-state index contributed by atoms with van der Waals surface area (Å²) >= 11 is 0. The van der Waals surface area contributed by atoms with E-state index in [1.165, 1.54) is 0 Å². The van der Waals surface area contributed by atoms with Crippen LogP contribution in [0.4, 0.5) is 0 Å². The summed E-state index contributed by atoms with van der Waals surface area (Å²) in [7, 11) is -2.37. The van der Waals surface area contributed by atoms with Crippen molar-refractivity contribution in [2.45, 2.75) is 10.9 Å². The average Bonchev–Trinajstić information content (AvgIpc) is 2.29. The molecule has 1 aromatic heterocycles. The first-order valence-corrected chi connectivity index (χ1v) is 7.59. The highest BCUT2D eigenvalue weighted by Gasteiger charge is 2.18. The minimum atomic E-state index is -4.01. The molecule has 0 saturated carbocycles. The van der Waals surface area contributed by atoms with Gasteiger partial charge in [-0.25, -0.2) is 21.8 Å². The molecule has 1 N–H and O–H groups in total. The van der Waals surface area contributed by atoms with Crippen LogP contribution in [0.2, 0.25) is 0 Å². The van der Waals surface area contributed by atoms with E-state index in [4.69, 9.17) is 10.7 Å². The molecule has 0 bridgehead atoms. The summed E-state index contributed by atoms with van der Waals surface area (Å²) in [5.41, 5.74) is 0. The van der Waals surface area contributed by atoms with E-state index in [-0.39, 0.29) is 5.82 Å². The van der Waals surface area contributed by atoms with Crippen LogP contribution in [0.1, 0.15) is 5.82 Å². The van der Waals surface area contributed by atoms with Gasteiger partial charge in [0.2, 0.25) is 0 Å². The topological polar surface area (TPSA) is 110 Å². The van der Waals surface area contributed by atoms with E-state index in [1.807, 2.05) is 0 Å². The van der Waals surface area contributed by atoms with Gasteiger partial charge in [-0.05, 0) is 0 Å². The summed E-state index contributed by atoms with van der Waals surface area (Å²) in [5, 5.41) is 4.79. The quantitative estimate of drug-likeness (QED) is 0.717. The summed E-state index contributed by atoms with van der Waals surface area (Å²) in [5.74, 6) is -0.474. The summed E-state index contributed by atoms with van der Waals surface area (Å²) in [4.78, 5) is 3.40. The maximum atomic E-state index is 10.8. The normalized spacial score (nSPS) is 13.0. The van der Waals surface area contributed by atoms with Gasteiger partial charge in [0.05, 0.1) is 0 Å². The SMILES string of the molecule is CS(=O)(=O)Cc1nc(S(=O)(=O)Cl)n[nH]1. The maximum Gasteiger partial charge on any atom is 0.298 e. The minimum absolute atomic E-state index is 0.0632. The van der Waals surface area contributed by atoms with E-state index >= 15 is 0 Å². The number of hydrogen-bond donors (Lipinski definition) is 1. The van der Waals surface area contributed by atoms with E-state index in [0.717, 1.165) is 6.26 Å². The zero-order valence-corrected chi connectivity index (χ0v) is 9.32. The predicted molar refractivity (Wildman–Crippen MR) is 48.0 cm³/mol. The molecular formula is C4H6ClN3O4S2. The van der Waals surface area contributed by atoms with Gasteiger partial charge in [0.25, 0.3) is 14.2 Å².